The highest BCUT2D eigenvalue weighted by atomic mass is 16.3. The molecule has 4 heteroatoms. The molecule has 0 aromatic carbocycles. The molecule has 3 unspecified atom stereocenters. The Balaban J connectivity index is 2.32. The topological polar surface area (TPSA) is 75.3 Å². The van der Waals surface area contributed by atoms with Gasteiger partial charge in [0.2, 0.25) is 5.91 Å². The van der Waals surface area contributed by atoms with Crippen LogP contribution in [0.1, 0.15) is 39.0 Å². The van der Waals surface area contributed by atoms with Crippen molar-refractivity contribution in [2.24, 2.45) is 11.7 Å². The summed E-state index contributed by atoms with van der Waals surface area (Å²) in [7, 11) is 0. The van der Waals surface area contributed by atoms with Crippen molar-refractivity contribution in [1.82, 2.24) is 5.32 Å². The van der Waals surface area contributed by atoms with Gasteiger partial charge in [0, 0.05) is 24.6 Å². The molecule has 1 fully saturated rings. The van der Waals surface area contributed by atoms with Gasteiger partial charge < -0.3 is 16.2 Å². The molecule has 0 heterocycles. The second-order valence-electron chi connectivity index (χ2n) is 4.55. The number of hydrogen-bond donors (Lipinski definition) is 3. The molecule has 3 atom stereocenters. The van der Waals surface area contributed by atoms with E-state index in [1.54, 1.807) is 0 Å². The number of carbonyl (C=O) groups is 1. The third-order valence-electron chi connectivity index (χ3n) is 3.04. The van der Waals surface area contributed by atoms with Gasteiger partial charge in [0.25, 0.3) is 0 Å². The Labute approximate surface area is 91.2 Å². The molecule has 0 spiro atoms. The van der Waals surface area contributed by atoms with E-state index in [1.807, 2.05) is 6.92 Å². The molecule has 4 N–H and O–H groups in total. The number of rotatable bonds is 4. The highest BCUT2D eigenvalue weighted by Crippen LogP contribution is 2.23. The zero-order chi connectivity index (χ0) is 11.3. The number of amides is 1. The molecular weight excluding hydrogens is 192 g/mol. The lowest BCUT2D eigenvalue weighted by Crippen LogP contribution is -2.41. The van der Waals surface area contributed by atoms with E-state index < -0.39 is 0 Å². The van der Waals surface area contributed by atoms with Crippen LogP contribution in [-0.2, 0) is 4.79 Å². The highest BCUT2D eigenvalue weighted by molar-refractivity contribution is 5.79. The van der Waals surface area contributed by atoms with Crippen LogP contribution in [0.4, 0.5) is 0 Å². The maximum atomic E-state index is 11.8. The van der Waals surface area contributed by atoms with Crippen molar-refractivity contribution in [3.05, 3.63) is 0 Å². The zero-order valence-corrected chi connectivity index (χ0v) is 9.41. The molecule has 0 saturated heterocycles. The summed E-state index contributed by atoms with van der Waals surface area (Å²) >= 11 is 0. The van der Waals surface area contributed by atoms with Crippen molar-refractivity contribution in [2.75, 3.05) is 6.61 Å². The SMILES string of the molecule is CC(CCO)NC(=O)C1CCCC(N)C1. The predicted molar refractivity (Wildman–Crippen MR) is 59.2 cm³/mol. The van der Waals surface area contributed by atoms with Gasteiger partial charge in [-0.1, -0.05) is 6.42 Å². The van der Waals surface area contributed by atoms with E-state index in [2.05, 4.69) is 5.32 Å². The Bertz CT molecular complexity index is 209. The van der Waals surface area contributed by atoms with Crippen LogP contribution in [0.15, 0.2) is 0 Å². The summed E-state index contributed by atoms with van der Waals surface area (Å²) in [4.78, 5) is 11.8. The van der Waals surface area contributed by atoms with Crippen molar-refractivity contribution in [3.8, 4) is 0 Å². The molecule has 4 nitrogen and oxygen atoms in total. The molecule has 1 saturated carbocycles. The first kappa shape index (κ1) is 12.5. The van der Waals surface area contributed by atoms with Crippen LogP contribution in [0.5, 0.6) is 0 Å². The number of carbonyl (C=O) groups excluding carboxylic acids is 1. The second-order valence-corrected chi connectivity index (χ2v) is 4.55. The molecule has 0 aromatic rings. The maximum absolute atomic E-state index is 11.8. The fraction of sp³-hybridized carbons (Fsp3) is 0.909. The van der Waals surface area contributed by atoms with Gasteiger partial charge in [0.1, 0.15) is 0 Å². The molecule has 1 rings (SSSR count). The largest absolute Gasteiger partial charge is 0.396 e. The van der Waals surface area contributed by atoms with E-state index in [0.29, 0.717) is 6.42 Å². The second kappa shape index (κ2) is 6.08. The maximum Gasteiger partial charge on any atom is 0.223 e. The highest BCUT2D eigenvalue weighted by Gasteiger charge is 2.25. The number of aliphatic hydroxyl groups is 1. The first-order valence-electron chi connectivity index (χ1n) is 5.80. The lowest BCUT2D eigenvalue weighted by atomic mass is 9.85. The van der Waals surface area contributed by atoms with Crippen LogP contribution in [-0.4, -0.2) is 29.7 Å². The molecular formula is C11H22N2O2. The van der Waals surface area contributed by atoms with Gasteiger partial charge in [-0.3, -0.25) is 4.79 Å². The van der Waals surface area contributed by atoms with E-state index >= 15 is 0 Å². The number of aliphatic hydroxyl groups excluding tert-OH is 1. The Kier molecular flexibility index (Phi) is 5.05. The lowest BCUT2D eigenvalue weighted by molar-refractivity contribution is -0.126. The summed E-state index contributed by atoms with van der Waals surface area (Å²) in [5, 5.41) is 11.6. The third-order valence-corrected chi connectivity index (χ3v) is 3.04. The van der Waals surface area contributed by atoms with Crippen LogP contribution in [0.25, 0.3) is 0 Å². The fourth-order valence-corrected chi connectivity index (χ4v) is 2.09. The van der Waals surface area contributed by atoms with Crippen LogP contribution < -0.4 is 11.1 Å². The van der Waals surface area contributed by atoms with Gasteiger partial charge in [0.05, 0.1) is 0 Å². The predicted octanol–water partition coefficient (Wildman–Crippen LogP) is 0.391. The number of nitrogens with one attached hydrogen (secondary N) is 1. The van der Waals surface area contributed by atoms with E-state index in [0.717, 1.165) is 25.7 Å². The summed E-state index contributed by atoms with van der Waals surface area (Å²) in [6.07, 6.45) is 4.46. The third kappa shape index (κ3) is 4.18. The van der Waals surface area contributed by atoms with E-state index in [-0.39, 0.29) is 30.5 Å². The van der Waals surface area contributed by atoms with Crippen molar-refractivity contribution < 1.29 is 9.90 Å². The fourth-order valence-electron chi connectivity index (χ4n) is 2.09. The monoisotopic (exact) mass is 214 g/mol. The molecule has 0 bridgehead atoms. The number of hydrogen-bond acceptors (Lipinski definition) is 3. The van der Waals surface area contributed by atoms with Crippen molar-refractivity contribution in [2.45, 2.75) is 51.1 Å². The average molecular weight is 214 g/mol. The van der Waals surface area contributed by atoms with Crippen LogP contribution in [0.3, 0.4) is 0 Å². The summed E-state index contributed by atoms with van der Waals surface area (Å²) in [6.45, 7) is 2.03. The molecule has 0 aliphatic heterocycles. The lowest BCUT2D eigenvalue weighted by Gasteiger charge is -2.26. The van der Waals surface area contributed by atoms with E-state index in [1.165, 1.54) is 0 Å². The molecule has 1 aliphatic rings. The van der Waals surface area contributed by atoms with Crippen molar-refractivity contribution in [1.29, 1.82) is 0 Å². The molecule has 15 heavy (non-hydrogen) atoms. The van der Waals surface area contributed by atoms with E-state index in [9.17, 15) is 4.79 Å². The first-order chi connectivity index (χ1) is 7.13. The molecule has 88 valence electrons. The van der Waals surface area contributed by atoms with Gasteiger partial charge in [-0.05, 0) is 32.6 Å². The van der Waals surface area contributed by atoms with Crippen molar-refractivity contribution in [3.63, 3.8) is 0 Å². The molecule has 1 aliphatic carbocycles. The minimum Gasteiger partial charge on any atom is -0.396 e. The van der Waals surface area contributed by atoms with Crippen LogP contribution >= 0.6 is 0 Å². The normalized spacial score (nSPS) is 28.5. The Hall–Kier alpha value is -0.610. The summed E-state index contributed by atoms with van der Waals surface area (Å²) < 4.78 is 0. The van der Waals surface area contributed by atoms with Gasteiger partial charge in [-0.2, -0.15) is 0 Å². The van der Waals surface area contributed by atoms with Crippen molar-refractivity contribution >= 4 is 5.91 Å². The van der Waals surface area contributed by atoms with Gasteiger partial charge in [0.15, 0.2) is 0 Å². The number of nitrogens with two attached hydrogens (primary N) is 1. The minimum atomic E-state index is 0.0562. The zero-order valence-electron chi connectivity index (χ0n) is 9.41. The van der Waals surface area contributed by atoms with Gasteiger partial charge in [-0.15, -0.1) is 0 Å². The smallest absolute Gasteiger partial charge is 0.223 e. The van der Waals surface area contributed by atoms with Gasteiger partial charge in [-0.25, -0.2) is 0 Å². The summed E-state index contributed by atoms with van der Waals surface area (Å²) in [5.41, 5.74) is 5.83. The summed E-state index contributed by atoms with van der Waals surface area (Å²) in [6, 6.07) is 0.239. The quantitative estimate of drug-likeness (QED) is 0.633. The molecule has 0 radical (unpaired) electrons. The average Bonchev–Trinajstić information content (AvgIpc) is 2.18. The minimum absolute atomic E-state index is 0.0562. The van der Waals surface area contributed by atoms with Crippen LogP contribution in [0.2, 0.25) is 0 Å². The standard InChI is InChI=1S/C11H22N2O2/c1-8(5-6-14)13-11(15)9-3-2-4-10(12)7-9/h8-10,14H,2-7,12H2,1H3,(H,13,15). The van der Waals surface area contributed by atoms with E-state index in [4.69, 9.17) is 10.8 Å². The molecule has 1 amide bonds. The Morgan fingerprint density at radius 2 is 2.33 bits per heavy atom. The molecule has 0 aromatic heterocycles. The Morgan fingerprint density at radius 3 is 2.93 bits per heavy atom. The first-order valence-corrected chi connectivity index (χ1v) is 5.80. The van der Waals surface area contributed by atoms with Gasteiger partial charge >= 0.3 is 0 Å². The van der Waals surface area contributed by atoms with Crippen LogP contribution in [0, 0.1) is 5.92 Å². The Morgan fingerprint density at radius 1 is 1.60 bits per heavy atom. The summed E-state index contributed by atoms with van der Waals surface area (Å²) in [5.74, 6) is 0.181.